The summed E-state index contributed by atoms with van der Waals surface area (Å²) in [7, 11) is 0. The molecule has 2 heterocycles. The molecule has 0 spiro atoms. The third kappa shape index (κ3) is 2.20. The number of aromatic amines is 1. The summed E-state index contributed by atoms with van der Waals surface area (Å²) in [5.74, 6) is 0. The van der Waals surface area contributed by atoms with Crippen LogP contribution in [0.25, 0.3) is 0 Å². The smallest absolute Gasteiger partial charge is 0.330 e. The van der Waals surface area contributed by atoms with E-state index >= 15 is 0 Å². The van der Waals surface area contributed by atoms with Gasteiger partial charge >= 0.3 is 5.69 Å². The van der Waals surface area contributed by atoms with Gasteiger partial charge in [-0.2, -0.15) is 0 Å². The van der Waals surface area contributed by atoms with Gasteiger partial charge in [-0.15, -0.1) is 0 Å². The van der Waals surface area contributed by atoms with Crippen molar-refractivity contribution in [1.29, 1.82) is 0 Å². The number of hydrogen-bond acceptors (Lipinski definition) is 4. The number of H-pyrrole nitrogens is 1. The Kier molecular flexibility index (Phi) is 3.45. The molecule has 2 rings (SSSR count). The van der Waals surface area contributed by atoms with E-state index in [9.17, 15) is 9.59 Å². The summed E-state index contributed by atoms with van der Waals surface area (Å²) in [6, 6.07) is 0. The Labute approximate surface area is 104 Å². The van der Waals surface area contributed by atoms with Gasteiger partial charge in [0.05, 0.1) is 16.3 Å². The summed E-state index contributed by atoms with van der Waals surface area (Å²) >= 11 is 1.86. The van der Waals surface area contributed by atoms with Gasteiger partial charge in [-0.3, -0.25) is 14.3 Å². The van der Waals surface area contributed by atoms with Gasteiger partial charge in [0, 0.05) is 6.20 Å². The molecule has 88 valence electrons. The summed E-state index contributed by atoms with van der Waals surface area (Å²) < 4.78 is 7.26. The molecule has 0 radical (unpaired) electrons. The minimum Gasteiger partial charge on any atom is -0.394 e. The van der Waals surface area contributed by atoms with E-state index in [0.717, 1.165) is 0 Å². The van der Waals surface area contributed by atoms with E-state index in [0.29, 0.717) is 16.4 Å². The van der Waals surface area contributed by atoms with Crippen molar-refractivity contribution >= 4 is 22.6 Å². The highest BCUT2D eigenvalue weighted by Crippen LogP contribution is 2.26. The van der Waals surface area contributed by atoms with Crippen LogP contribution in [0.15, 0.2) is 15.8 Å². The van der Waals surface area contributed by atoms with Gasteiger partial charge in [-0.05, 0) is 35.4 Å². The first kappa shape index (κ1) is 11.8. The maximum Gasteiger partial charge on any atom is 0.330 e. The molecule has 0 amide bonds. The Balaban J connectivity index is 2.32. The zero-order valence-corrected chi connectivity index (χ0v) is 10.5. The quantitative estimate of drug-likeness (QED) is 0.733. The molecule has 7 heteroatoms. The van der Waals surface area contributed by atoms with Crippen molar-refractivity contribution in [3.05, 3.63) is 30.6 Å². The SMILES string of the molecule is O=c1[nH]c(=O)n([C@H]2CC[C@@H](CO)O2)cc1I. The van der Waals surface area contributed by atoms with Gasteiger partial charge in [0.1, 0.15) is 6.23 Å². The zero-order chi connectivity index (χ0) is 11.7. The van der Waals surface area contributed by atoms with Crippen LogP contribution < -0.4 is 11.2 Å². The van der Waals surface area contributed by atoms with Crippen molar-refractivity contribution in [3.8, 4) is 0 Å². The maximum atomic E-state index is 11.5. The predicted octanol–water partition coefficient (Wildman–Crippen LogP) is -0.189. The van der Waals surface area contributed by atoms with Gasteiger partial charge in [0.15, 0.2) is 0 Å². The zero-order valence-electron chi connectivity index (χ0n) is 8.35. The molecule has 0 bridgehead atoms. The van der Waals surface area contributed by atoms with Crippen molar-refractivity contribution in [3.63, 3.8) is 0 Å². The lowest BCUT2D eigenvalue weighted by molar-refractivity contribution is -0.0247. The maximum absolute atomic E-state index is 11.5. The molecule has 0 unspecified atom stereocenters. The Morgan fingerprint density at radius 2 is 2.31 bits per heavy atom. The molecule has 16 heavy (non-hydrogen) atoms. The molecule has 2 atom stereocenters. The van der Waals surface area contributed by atoms with Crippen LogP contribution in [0.4, 0.5) is 0 Å². The van der Waals surface area contributed by atoms with Gasteiger partial charge in [0.2, 0.25) is 0 Å². The number of aliphatic hydroxyl groups is 1. The molecule has 1 fully saturated rings. The van der Waals surface area contributed by atoms with Gasteiger partial charge < -0.3 is 9.84 Å². The van der Waals surface area contributed by atoms with Crippen LogP contribution >= 0.6 is 22.6 Å². The average molecular weight is 338 g/mol. The van der Waals surface area contributed by atoms with Gasteiger partial charge in [-0.1, -0.05) is 0 Å². The Morgan fingerprint density at radius 3 is 2.94 bits per heavy atom. The molecule has 0 aliphatic carbocycles. The Morgan fingerprint density at radius 1 is 1.56 bits per heavy atom. The fourth-order valence-electron chi connectivity index (χ4n) is 1.70. The molecule has 1 aliphatic heterocycles. The highest BCUT2D eigenvalue weighted by Gasteiger charge is 2.26. The first-order chi connectivity index (χ1) is 7.61. The lowest BCUT2D eigenvalue weighted by Gasteiger charge is -2.14. The fourth-order valence-corrected chi connectivity index (χ4v) is 2.14. The van der Waals surface area contributed by atoms with Crippen LogP contribution in [0.1, 0.15) is 19.1 Å². The van der Waals surface area contributed by atoms with E-state index in [1.165, 1.54) is 10.8 Å². The van der Waals surface area contributed by atoms with E-state index in [1.807, 2.05) is 22.6 Å². The van der Waals surface area contributed by atoms with Crippen LogP contribution in [0.2, 0.25) is 0 Å². The molecule has 6 nitrogen and oxygen atoms in total. The van der Waals surface area contributed by atoms with Crippen molar-refractivity contribution in [2.24, 2.45) is 0 Å². The second kappa shape index (κ2) is 4.68. The molecule has 1 aromatic rings. The highest BCUT2D eigenvalue weighted by atomic mass is 127. The third-order valence-electron chi connectivity index (χ3n) is 2.52. The second-order valence-electron chi connectivity index (χ2n) is 3.62. The Hall–Kier alpha value is -0.670. The summed E-state index contributed by atoms with van der Waals surface area (Å²) in [5.41, 5.74) is -0.868. The van der Waals surface area contributed by atoms with E-state index in [-0.39, 0.29) is 12.7 Å². The molecule has 1 aromatic heterocycles. The first-order valence-corrected chi connectivity index (χ1v) is 5.97. The number of aliphatic hydroxyl groups excluding tert-OH is 1. The van der Waals surface area contributed by atoms with Crippen LogP contribution in [-0.4, -0.2) is 27.4 Å². The Bertz CT molecular complexity index is 495. The first-order valence-electron chi connectivity index (χ1n) is 4.89. The van der Waals surface area contributed by atoms with Gasteiger partial charge in [0.25, 0.3) is 5.56 Å². The predicted molar refractivity (Wildman–Crippen MR) is 64.3 cm³/mol. The van der Waals surface area contributed by atoms with E-state index in [4.69, 9.17) is 9.84 Å². The summed E-state index contributed by atoms with van der Waals surface area (Å²) in [5, 5.41) is 8.93. The normalized spacial score (nSPS) is 24.9. The lowest BCUT2D eigenvalue weighted by atomic mass is 10.2. The minimum atomic E-state index is -0.478. The summed E-state index contributed by atoms with van der Waals surface area (Å²) in [4.78, 5) is 24.9. The van der Waals surface area contributed by atoms with Crippen molar-refractivity contribution < 1.29 is 9.84 Å². The number of nitrogens with one attached hydrogen (secondary N) is 1. The number of aromatic nitrogens is 2. The van der Waals surface area contributed by atoms with E-state index < -0.39 is 17.5 Å². The number of halogens is 1. The highest BCUT2D eigenvalue weighted by molar-refractivity contribution is 14.1. The number of ether oxygens (including phenoxy) is 1. The van der Waals surface area contributed by atoms with Crippen LogP contribution in [0.5, 0.6) is 0 Å². The molecule has 1 aliphatic rings. The topological polar surface area (TPSA) is 84.3 Å². The monoisotopic (exact) mass is 338 g/mol. The fraction of sp³-hybridized carbons (Fsp3) is 0.556. The van der Waals surface area contributed by atoms with Gasteiger partial charge in [-0.25, -0.2) is 4.79 Å². The third-order valence-corrected chi connectivity index (χ3v) is 3.29. The summed E-state index contributed by atoms with van der Waals surface area (Å²) in [6.45, 7) is -0.0499. The lowest BCUT2D eigenvalue weighted by Crippen LogP contribution is -2.33. The number of rotatable bonds is 2. The molecule has 1 saturated heterocycles. The molecule has 0 saturated carbocycles. The van der Waals surface area contributed by atoms with E-state index in [1.54, 1.807) is 0 Å². The average Bonchev–Trinajstić information content (AvgIpc) is 2.71. The van der Waals surface area contributed by atoms with Crippen molar-refractivity contribution in [2.75, 3.05) is 6.61 Å². The van der Waals surface area contributed by atoms with E-state index in [2.05, 4.69) is 4.98 Å². The van der Waals surface area contributed by atoms with Crippen LogP contribution in [-0.2, 0) is 4.74 Å². The molecular formula is C9H11IN2O4. The largest absolute Gasteiger partial charge is 0.394 e. The second-order valence-corrected chi connectivity index (χ2v) is 4.78. The molecule has 0 aromatic carbocycles. The standard InChI is InChI=1S/C9H11IN2O4/c10-6-3-12(9(15)11-8(6)14)7-2-1-5(4-13)16-7/h3,5,7,13H,1-2,4H2,(H,11,14,15)/t5-,7+/m0/s1. The van der Waals surface area contributed by atoms with Crippen LogP contribution in [0, 0.1) is 3.57 Å². The van der Waals surface area contributed by atoms with Crippen molar-refractivity contribution in [2.45, 2.75) is 25.2 Å². The summed E-state index contributed by atoms with van der Waals surface area (Å²) in [6.07, 6.45) is 2.24. The number of nitrogens with zero attached hydrogens (tertiary/aromatic N) is 1. The van der Waals surface area contributed by atoms with Crippen molar-refractivity contribution in [1.82, 2.24) is 9.55 Å². The number of hydrogen-bond donors (Lipinski definition) is 2. The molecular weight excluding hydrogens is 327 g/mol. The van der Waals surface area contributed by atoms with Crippen LogP contribution in [0.3, 0.4) is 0 Å². The molecule has 2 N–H and O–H groups in total. The minimum absolute atomic E-state index is 0.0499.